The summed E-state index contributed by atoms with van der Waals surface area (Å²) in [6, 6.07) is 7.56. The number of rotatable bonds is 3. The van der Waals surface area contributed by atoms with Crippen LogP contribution in [0.2, 0.25) is 0 Å². The van der Waals surface area contributed by atoms with Crippen molar-refractivity contribution in [2.75, 3.05) is 0 Å². The average molecular weight is 221 g/mol. The molecule has 1 atom stereocenters. The number of hydrogen-bond acceptors (Lipinski definition) is 4. The molecule has 2 N–H and O–H groups in total. The van der Waals surface area contributed by atoms with E-state index in [-0.39, 0.29) is 5.92 Å². The lowest BCUT2D eigenvalue weighted by Gasteiger charge is -2.13. The Bertz CT molecular complexity index is 373. The number of ether oxygens (including phenoxy) is 1. The normalized spacial score (nSPS) is 12.2. The Balaban J connectivity index is 2.62. The van der Waals surface area contributed by atoms with Gasteiger partial charge in [0.15, 0.2) is 0 Å². The zero-order valence-electron chi connectivity index (χ0n) is 9.34. The van der Waals surface area contributed by atoms with Gasteiger partial charge in [-0.05, 0) is 18.1 Å². The van der Waals surface area contributed by atoms with Crippen molar-refractivity contribution in [1.29, 1.82) is 0 Å². The molecular weight excluding hydrogens is 206 g/mol. The maximum absolute atomic E-state index is 11.5. The minimum atomic E-state index is -0.771. The Morgan fingerprint density at radius 2 is 1.75 bits per heavy atom. The van der Waals surface area contributed by atoms with Gasteiger partial charge in [-0.3, -0.25) is 0 Å². The Morgan fingerprint density at radius 3 is 2.25 bits per heavy atom. The third-order valence-corrected chi connectivity index (χ3v) is 2.19. The van der Waals surface area contributed by atoms with Gasteiger partial charge in [0.05, 0.1) is 5.56 Å². The van der Waals surface area contributed by atoms with E-state index in [1.165, 1.54) is 0 Å². The van der Waals surface area contributed by atoms with Crippen molar-refractivity contribution in [1.82, 2.24) is 0 Å². The lowest BCUT2D eigenvalue weighted by Crippen LogP contribution is -2.38. The zero-order chi connectivity index (χ0) is 12.1. The monoisotopic (exact) mass is 221 g/mol. The lowest BCUT2D eigenvalue weighted by atomic mass is 10.1. The first-order valence-electron chi connectivity index (χ1n) is 5.09. The van der Waals surface area contributed by atoms with Gasteiger partial charge in [0.1, 0.15) is 6.04 Å². The summed E-state index contributed by atoms with van der Waals surface area (Å²) in [5.41, 5.74) is 5.90. The molecule has 0 heterocycles. The number of carbonyl (C=O) groups is 2. The van der Waals surface area contributed by atoms with E-state index in [0.717, 1.165) is 0 Å². The molecule has 0 aliphatic carbocycles. The smallest absolute Gasteiger partial charge is 0.345 e. The second kappa shape index (κ2) is 5.42. The van der Waals surface area contributed by atoms with Gasteiger partial charge in [0, 0.05) is 0 Å². The highest BCUT2D eigenvalue weighted by molar-refractivity contribution is 5.98. The molecule has 0 fully saturated rings. The molecule has 0 aliphatic heterocycles. The summed E-state index contributed by atoms with van der Waals surface area (Å²) < 4.78 is 4.66. The van der Waals surface area contributed by atoms with E-state index in [1.54, 1.807) is 44.2 Å². The number of hydrogen-bond donors (Lipinski definition) is 1. The molecule has 1 aromatic rings. The van der Waals surface area contributed by atoms with Crippen molar-refractivity contribution in [2.24, 2.45) is 11.7 Å². The Morgan fingerprint density at radius 1 is 1.19 bits per heavy atom. The van der Waals surface area contributed by atoms with Crippen LogP contribution in [0.15, 0.2) is 30.3 Å². The summed E-state index contributed by atoms with van der Waals surface area (Å²) in [7, 11) is 0. The van der Waals surface area contributed by atoms with E-state index in [1.807, 2.05) is 0 Å². The predicted octanol–water partition coefficient (Wildman–Crippen LogP) is 1.35. The molecule has 0 unspecified atom stereocenters. The third kappa shape index (κ3) is 3.17. The van der Waals surface area contributed by atoms with E-state index < -0.39 is 18.0 Å². The maximum Gasteiger partial charge on any atom is 0.345 e. The van der Waals surface area contributed by atoms with Crippen LogP contribution in [0.5, 0.6) is 0 Å². The highest BCUT2D eigenvalue weighted by Crippen LogP contribution is 2.05. The molecule has 86 valence electrons. The van der Waals surface area contributed by atoms with Crippen molar-refractivity contribution in [3.8, 4) is 0 Å². The number of nitrogens with two attached hydrogens (primary N) is 1. The van der Waals surface area contributed by atoms with Crippen LogP contribution in [0, 0.1) is 5.92 Å². The van der Waals surface area contributed by atoms with Gasteiger partial charge in [0.25, 0.3) is 0 Å². The summed E-state index contributed by atoms with van der Waals surface area (Å²) in [5, 5.41) is 0. The van der Waals surface area contributed by atoms with Crippen LogP contribution < -0.4 is 5.73 Å². The molecular formula is C12H15NO3. The van der Waals surface area contributed by atoms with Crippen molar-refractivity contribution >= 4 is 11.9 Å². The maximum atomic E-state index is 11.5. The van der Waals surface area contributed by atoms with Gasteiger partial charge in [-0.15, -0.1) is 0 Å². The molecule has 1 aromatic carbocycles. The number of esters is 2. The molecule has 0 bridgehead atoms. The third-order valence-electron chi connectivity index (χ3n) is 2.19. The minimum absolute atomic E-state index is 0.0592. The Hall–Kier alpha value is -1.68. The molecule has 0 saturated carbocycles. The quantitative estimate of drug-likeness (QED) is 0.618. The van der Waals surface area contributed by atoms with Gasteiger partial charge in [-0.1, -0.05) is 32.0 Å². The number of carbonyl (C=O) groups excluding carboxylic acids is 2. The summed E-state index contributed by atoms with van der Waals surface area (Å²) >= 11 is 0. The fourth-order valence-electron chi connectivity index (χ4n) is 1.06. The second-order valence-corrected chi connectivity index (χ2v) is 3.84. The van der Waals surface area contributed by atoms with Gasteiger partial charge in [0.2, 0.25) is 0 Å². The molecule has 16 heavy (non-hydrogen) atoms. The van der Waals surface area contributed by atoms with Crippen LogP contribution >= 0.6 is 0 Å². The first-order valence-corrected chi connectivity index (χ1v) is 5.09. The first kappa shape index (κ1) is 12.4. The van der Waals surface area contributed by atoms with Crippen molar-refractivity contribution < 1.29 is 14.3 Å². The average Bonchev–Trinajstić information content (AvgIpc) is 2.28. The van der Waals surface area contributed by atoms with E-state index in [2.05, 4.69) is 4.74 Å². The number of benzene rings is 1. The van der Waals surface area contributed by atoms with E-state index >= 15 is 0 Å². The van der Waals surface area contributed by atoms with Crippen LogP contribution in [-0.4, -0.2) is 18.0 Å². The summed E-state index contributed by atoms with van der Waals surface area (Å²) in [5.74, 6) is -1.42. The molecule has 4 nitrogen and oxygen atoms in total. The highest BCUT2D eigenvalue weighted by atomic mass is 16.6. The summed E-state index contributed by atoms with van der Waals surface area (Å²) in [4.78, 5) is 22.9. The molecule has 0 amide bonds. The van der Waals surface area contributed by atoms with Crippen LogP contribution in [0.4, 0.5) is 0 Å². The van der Waals surface area contributed by atoms with Crippen molar-refractivity contribution in [3.63, 3.8) is 0 Å². The molecule has 0 spiro atoms. The van der Waals surface area contributed by atoms with Crippen molar-refractivity contribution in [2.45, 2.75) is 19.9 Å². The predicted molar refractivity (Wildman–Crippen MR) is 59.7 cm³/mol. The summed E-state index contributed by atoms with van der Waals surface area (Å²) in [6.45, 7) is 3.58. The Kier molecular flexibility index (Phi) is 4.19. The zero-order valence-corrected chi connectivity index (χ0v) is 9.34. The fraction of sp³-hybridized carbons (Fsp3) is 0.333. The van der Waals surface area contributed by atoms with Crippen LogP contribution in [0.25, 0.3) is 0 Å². The molecule has 0 aliphatic rings. The molecule has 4 heteroatoms. The first-order chi connectivity index (χ1) is 7.52. The van der Waals surface area contributed by atoms with Gasteiger partial charge in [-0.25, -0.2) is 9.59 Å². The standard InChI is InChI=1S/C12H15NO3/c1-8(2)10(13)12(15)16-11(14)9-6-4-3-5-7-9/h3-8,10H,13H2,1-2H3/t10-/m0/s1. The van der Waals surface area contributed by atoms with Gasteiger partial charge in [-0.2, -0.15) is 0 Å². The summed E-state index contributed by atoms with van der Waals surface area (Å²) in [6.07, 6.45) is 0. The highest BCUT2D eigenvalue weighted by Gasteiger charge is 2.22. The SMILES string of the molecule is CC(C)[C@H](N)C(=O)OC(=O)c1ccccc1. The largest absolute Gasteiger partial charge is 0.388 e. The van der Waals surface area contributed by atoms with E-state index in [9.17, 15) is 9.59 Å². The van der Waals surface area contributed by atoms with E-state index in [4.69, 9.17) is 5.73 Å². The second-order valence-electron chi connectivity index (χ2n) is 3.84. The minimum Gasteiger partial charge on any atom is -0.388 e. The van der Waals surface area contributed by atoms with Crippen LogP contribution in [0.1, 0.15) is 24.2 Å². The topological polar surface area (TPSA) is 69.4 Å². The molecule has 0 radical (unpaired) electrons. The fourth-order valence-corrected chi connectivity index (χ4v) is 1.06. The lowest BCUT2D eigenvalue weighted by molar-refractivity contribution is -0.140. The molecule has 0 aromatic heterocycles. The molecule has 1 rings (SSSR count). The van der Waals surface area contributed by atoms with Crippen LogP contribution in [0.3, 0.4) is 0 Å². The molecule has 0 saturated heterocycles. The Labute approximate surface area is 94.4 Å². The van der Waals surface area contributed by atoms with Crippen LogP contribution in [-0.2, 0) is 9.53 Å². The van der Waals surface area contributed by atoms with Gasteiger partial charge < -0.3 is 10.5 Å². The van der Waals surface area contributed by atoms with Gasteiger partial charge >= 0.3 is 11.9 Å². The van der Waals surface area contributed by atoms with Crippen molar-refractivity contribution in [3.05, 3.63) is 35.9 Å². The van der Waals surface area contributed by atoms with E-state index in [0.29, 0.717) is 5.56 Å².